The molecule has 9 heteroatoms. The van der Waals surface area contributed by atoms with Gasteiger partial charge in [0, 0.05) is 16.5 Å². The summed E-state index contributed by atoms with van der Waals surface area (Å²) in [5.41, 5.74) is -0.305. The largest absolute Gasteiger partial charge is 0.465 e. The van der Waals surface area contributed by atoms with E-state index in [9.17, 15) is 19.2 Å². The summed E-state index contributed by atoms with van der Waals surface area (Å²) in [6.07, 6.45) is 1.85. The first-order valence-electron chi connectivity index (χ1n) is 10.3. The number of esters is 2. The lowest BCUT2D eigenvalue weighted by Crippen LogP contribution is -2.49. The highest BCUT2D eigenvalue weighted by Gasteiger charge is 2.48. The number of hydrogen-bond donors (Lipinski definition) is 0. The van der Waals surface area contributed by atoms with Gasteiger partial charge in [-0.3, -0.25) is 14.4 Å². The standard InChI is InChI=1S/C23H28BrNO7/c1-6-30-20(27)19(21(28)31-7-2)18(14-9-8-10-15(24)13-14)16-11-12-17(26)25(16)22(29)32-23(3,4)5/h8-13,16,18-19H,6-7H2,1-5H3/t16-,18-/m0/s1. The molecule has 1 aromatic carbocycles. The molecule has 0 bridgehead atoms. The summed E-state index contributed by atoms with van der Waals surface area (Å²) in [5.74, 6) is -4.56. The van der Waals surface area contributed by atoms with Crippen molar-refractivity contribution in [2.45, 2.75) is 52.2 Å². The van der Waals surface area contributed by atoms with E-state index in [1.54, 1.807) is 58.9 Å². The van der Waals surface area contributed by atoms with E-state index < -0.39 is 47.4 Å². The monoisotopic (exact) mass is 509 g/mol. The maximum Gasteiger partial charge on any atom is 0.417 e. The molecule has 1 heterocycles. The van der Waals surface area contributed by atoms with E-state index in [4.69, 9.17) is 14.2 Å². The van der Waals surface area contributed by atoms with Crippen LogP contribution in [-0.2, 0) is 28.6 Å². The quantitative estimate of drug-likeness (QED) is 0.311. The first-order valence-corrected chi connectivity index (χ1v) is 11.1. The van der Waals surface area contributed by atoms with Crippen LogP contribution in [0.1, 0.15) is 46.1 Å². The predicted octanol–water partition coefficient (Wildman–Crippen LogP) is 3.98. The zero-order valence-corrected chi connectivity index (χ0v) is 20.4. The fraction of sp³-hybridized carbons (Fsp3) is 0.478. The van der Waals surface area contributed by atoms with Crippen LogP contribution in [-0.4, -0.2) is 53.7 Å². The van der Waals surface area contributed by atoms with Crippen molar-refractivity contribution in [2.75, 3.05) is 13.2 Å². The molecule has 0 saturated heterocycles. The Labute approximate surface area is 196 Å². The van der Waals surface area contributed by atoms with Crippen molar-refractivity contribution in [2.24, 2.45) is 5.92 Å². The van der Waals surface area contributed by atoms with E-state index in [-0.39, 0.29) is 13.2 Å². The molecule has 1 aliphatic rings. The third-order valence-corrected chi connectivity index (χ3v) is 5.10. The maximum absolute atomic E-state index is 12.9. The number of rotatable bonds is 7. The highest BCUT2D eigenvalue weighted by molar-refractivity contribution is 9.10. The third-order valence-electron chi connectivity index (χ3n) is 4.60. The molecule has 0 fully saturated rings. The van der Waals surface area contributed by atoms with Crippen LogP contribution in [0.5, 0.6) is 0 Å². The maximum atomic E-state index is 12.9. The van der Waals surface area contributed by atoms with Crippen LogP contribution in [0.25, 0.3) is 0 Å². The summed E-state index contributed by atoms with van der Waals surface area (Å²) >= 11 is 3.40. The number of benzene rings is 1. The average molecular weight is 510 g/mol. The van der Waals surface area contributed by atoms with Crippen LogP contribution in [0.4, 0.5) is 4.79 Å². The molecule has 2 amide bonds. The molecule has 174 valence electrons. The van der Waals surface area contributed by atoms with Crippen molar-refractivity contribution in [3.63, 3.8) is 0 Å². The summed E-state index contributed by atoms with van der Waals surface area (Å²) in [7, 11) is 0. The van der Waals surface area contributed by atoms with Crippen LogP contribution in [0.3, 0.4) is 0 Å². The van der Waals surface area contributed by atoms with Crippen molar-refractivity contribution in [3.05, 3.63) is 46.5 Å². The van der Waals surface area contributed by atoms with Gasteiger partial charge in [-0.15, -0.1) is 0 Å². The van der Waals surface area contributed by atoms with Crippen LogP contribution >= 0.6 is 15.9 Å². The Bertz CT molecular complexity index is 888. The van der Waals surface area contributed by atoms with E-state index in [0.717, 1.165) is 4.90 Å². The van der Waals surface area contributed by atoms with Gasteiger partial charge in [-0.25, -0.2) is 9.69 Å². The van der Waals surface area contributed by atoms with Gasteiger partial charge >= 0.3 is 18.0 Å². The fourth-order valence-electron chi connectivity index (χ4n) is 3.45. The van der Waals surface area contributed by atoms with E-state index in [2.05, 4.69) is 15.9 Å². The van der Waals surface area contributed by atoms with Gasteiger partial charge in [-0.05, 0) is 52.3 Å². The molecule has 1 aromatic rings. The predicted molar refractivity (Wildman–Crippen MR) is 120 cm³/mol. The molecule has 1 aliphatic heterocycles. The highest BCUT2D eigenvalue weighted by atomic mass is 79.9. The average Bonchev–Trinajstić information content (AvgIpc) is 3.06. The van der Waals surface area contributed by atoms with Crippen molar-refractivity contribution in [1.29, 1.82) is 0 Å². The molecular weight excluding hydrogens is 482 g/mol. The van der Waals surface area contributed by atoms with Gasteiger partial charge in [-0.1, -0.05) is 34.1 Å². The van der Waals surface area contributed by atoms with E-state index in [0.29, 0.717) is 10.0 Å². The zero-order valence-electron chi connectivity index (χ0n) is 18.8. The van der Waals surface area contributed by atoms with Gasteiger partial charge in [0.1, 0.15) is 5.60 Å². The third kappa shape index (κ3) is 6.18. The number of halogens is 1. The summed E-state index contributed by atoms with van der Waals surface area (Å²) < 4.78 is 16.5. The lowest BCUT2D eigenvalue weighted by molar-refractivity contribution is -0.164. The van der Waals surface area contributed by atoms with Gasteiger partial charge in [0.25, 0.3) is 5.91 Å². The Hall–Kier alpha value is -2.68. The van der Waals surface area contributed by atoms with Crippen LogP contribution in [0.2, 0.25) is 0 Å². The van der Waals surface area contributed by atoms with E-state index in [1.165, 1.54) is 12.2 Å². The number of hydrogen-bond acceptors (Lipinski definition) is 7. The number of ether oxygens (including phenoxy) is 3. The molecular formula is C23H28BrNO7. The Morgan fingerprint density at radius 2 is 1.69 bits per heavy atom. The smallest absolute Gasteiger partial charge is 0.417 e. The lowest BCUT2D eigenvalue weighted by Gasteiger charge is -2.34. The summed E-state index contributed by atoms with van der Waals surface area (Å²) in [5, 5.41) is 0. The molecule has 0 unspecified atom stereocenters. The van der Waals surface area contributed by atoms with Gasteiger partial charge in [0.05, 0.1) is 19.3 Å². The Morgan fingerprint density at radius 1 is 1.09 bits per heavy atom. The second-order valence-electron chi connectivity index (χ2n) is 8.10. The number of carbonyl (C=O) groups excluding carboxylic acids is 4. The second-order valence-corrected chi connectivity index (χ2v) is 9.02. The fourth-order valence-corrected chi connectivity index (χ4v) is 3.87. The minimum Gasteiger partial charge on any atom is -0.465 e. The molecule has 0 spiro atoms. The summed E-state index contributed by atoms with van der Waals surface area (Å²) in [6.45, 7) is 8.39. The molecule has 0 aliphatic carbocycles. The Morgan fingerprint density at radius 3 is 2.19 bits per heavy atom. The summed E-state index contributed by atoms with van der Waals surface area (Å²) in [6, 6.07) is 5.99. The van der Waals surface area contributed by atoms with Crippen molar-refractivity contribution < 1.29 is 33.4 Å². The molecule has 0 N–H and O–H groups in total. The van der Waals surface area contributed by atoms with Gasteiger partial charge in [-0.2, -0.15) is 0 Å². The van der Waals surface area contributed by atoms with Crippen LogP contribution in [0.15, 0.2) is 40.9 Å². The minimum atomic E-state index is -1.41. The van der Waals surface area contributed by atoms with Crippen molar-refractivity contribution in [3.8, 4) is 0 Å². The molecule has 0 saturated carbocycles. The molecule has 32 heavy (non-hydrogen) atoms. The van der Waals surface area contributed by atoms with Crippen molar-refractivity contribution >= 4 is 39.9 Å². The van der Waals surface area contributed by atoms with E-state index in [1.807, 2.05) is 0 Å². The highest BCUT2D eigenvalue weighted by Crippen LogP contribution is 2.37. The lowest BCUT2D eigenvalue weighted by atomic mass is 9.80. The first kappa shape index (κ1) is 25.6. The van der Waals surface area contributed by atoms with E-state index >= 15 is 0 Å². The zero-order chi connectivity index (χ0) is 24.1. The molecule has 2 rings (SSSR count). The van der Waals surface area contributed by atoms with Gasteiger partial charge < -0.3 is 14.2 Å². The Balaban J connectivity index is 2.62. The first-order chi connectivity index (χ1) is 15.0. The topological polar surface area (TPSA) is 99.2 Å². The number of nitrogens with zero attached hydrogens (tertiary/aromatic N) is 1. The number of carbonyl (C=O) groups is 4. The van der Waals surface area contributed by atoms with Crippen LogP contribution in [0, 0.1) is 5.92 Å². The molecule has 0 aromatic heterocycles. The number of amides is 2. The van der Waals surface area contributed by atoms with Gasteiger partial charge in [0.2, 0.25) is 0 Å². The SMILES string of the molecule is CCOC(=O)C(C(=O)OCC)[C@@H](c1cccc(Br)c1)[C@@H]1C=CC(=O)N1C(=O)OC(C)(C)C. The second kappa shape index (κ2) is 10.8. The molecule has 2 atom stereocenters. The van der Waals surface area contributed by atoms with Crippen molar-refractivity contribution in [1.82, 2.24) is 4.90 Å². The minimum absolute atomic E-state index is 0.0508. The van der Waals surface area contributed by atoms with Gasteiger partial charge in [0.15, 0.2) is 5.92 Å². The summed E-state index contributed by atoms with van der Waals surface area (Å²) in [4.78, 5) is 52.3. The number of imide groups is 1. The molecule has 8 nitrogen and oxygen atoms in total. The molecule has 0 radical (unpaired) electrons. The van der Waals surface area contributed by atoms with Crippen LogP contribution < -0.4 is 0 Å². The Kier molecular flexibility index (Phi) is 8.60. The normalized spacial score (nSPS) is 16.8.